The molecular weight excluding hydrogens is 296 g/mol. The summed E-state index contributed by atoms with van der Waals surface area (Å²) < 4.78 is 0. The molecule has 1 atom stereocenters. The van der Waals surface area contributed by atoms with Crippen LogP contribution in [0.15, 0.2) is 35.7 Å². The predicted octanol–water partition coefficient (Wildman–Crippen LogP) is 4.31. The molecule has 0 saturated heterocycles. The van der Waals surface area contributed by atoms with E-state index in [1.807, 2.05) is 18.2 Å². The summed E-state index contributed by atoms with van der Waals surface area (Å²) in [6, 6.07) is 10.2. The molecule has 0 aliphatic heterocycles. The minimum atomic E-state index is -0.786. The summed E-state index contributed by atoms with van der Waals surface area (Å²) in [7, 11) is 0. The van der Waals surface area contributed by atoms with Gasteiger partial charge in [-0.2, -0.15) is 0 Å². The first-order chi connectivity index (χ1) is 10.5. The second kappa shape index (κ2) is 7.40. The first-order valence-corrected chi connectivity index (χ1v) is 8.35. The molecule has 0 aliphatic rings. The number of carboxylic acids is 1. The molecule has 0 amide bonds. The summed E-state index contributed by atoms with van der Waals surface area (Å²) in [6.07, 6.45) is 0.105. The van der Waals surface area contributed by atoms with Crippen molar-refractivity contribution in [2.45, 2.75) is 39.2 Å². The lowest BCUT2D eigenvalue weighted by Crippen LogP contribution is -2.29. The highest BCUT2D eigenvalue weighted by Crippen LogP contribution is 2.31. The van der Waals surface area contributed by atoms with Gasteiger partial charge in [-0.3, -0.25) is 4.79 Å². The maximum atomic E-state index is 11.0. The second-order valence-electron chi connectivity index (χ2n) is 5.63. The average Bonchev–Trinajstić information content (AvgIpc) is 2.98. The molecule has 4 nitrogen and oxygen atoms in total. The van der Waals surface area contributed by atoms with Crippen LogP contribution in [0.2, 0.25) is 0 Å². The van der Waals surface area contributed by atoms with E-state index in [9.17, 15) is 4.79 Å². The van der Waals surface area contributed by atoms with Crippen LogP contribution in [0.4, 0.5) is 5.13 Å². The molecule has 22 heavy (non-hydrogen) atoms. The molecule has 1 unspecified atom stereocenters. The molecule has 0 saturated carbocycles. The third-order valence-corrected chi connectivity index (χ3v) is 4.56. The lowest BCUT2D eigenvalue weighted by molar-refractivity contribution is -0.136. The van der Waals surface area contributed by atoms with Crippen LogP contribution < -0.4 is 4.90 Å². The van der Waals surface area contributed by atoms with Gasteiger partial charge >= 0.3 is 5.97 Å². The molecule has 0 aliphatic carbocycles. The van der Waals surface area contributed by atoms with Gasteiger partial charge < -0.3 is 10.0 Å². The molecule has 0 bridgehead atoms. The van der Waals surface area contributed by atoms with Gasteiger partial charge in [0.1, 0.15) is 0 Å². The standard InChI is InChI=1S/C17H22N2O2S/c1-12(2)15-11-22-17(18-15)19(10-9-16(20)21)13(3)14-7-5-4-6-8-14/h4-8,11-13H,9-10H2,1-3H3,(H,20,21). The molecule has 1 heterocycles. The van der Waals surface area contributed by atoms with Crippen LogP contribution >= 0.6 is 11.3 Å². The Morgan fingerprint density at radius 3 is 2.50 bits per heavy atom. The summed E-state index contributed by atoms with van der Waals surface area (Å²) in [5, 5.41) is 12.0. The number of aromatic nitrogens is 1. The highest BCUT2D eigenvalue weighted by molar-refractivity contribution is 7.13. The fourth-order valence-corrected chi connectivity index (χ4v) is 3.35. The summed E-state index contributed by atoms with van der Waals surface area (Å²) in [5.74, 6) is -0.413. The predicted molar refractivity (Wildman–Crippen MR) is 90.7 cm³/mol. The number of benzene rings is 1. The van der Waals surface area contributed by atoms with Crippen molar-refractivity contribution in [3.63, 3.8) is 0 Å². The van der Waals surface area contributed by atoms with Crippen molar-refractivity contribution in [1.29, 1.82) is 0 Å². The number of hydrogen-bond acceptors (Lipinski definition) is 4. The summed E-state index contributed by atoms with van der Waals surface area (Å²) in [5.41, 5.74) is 2.22. The molecule has 0 spiro atoms. The van der Waals surface area contributed by atoms with Crippen LogP contribution in [0.25, 0.3) is 0 Å². The van der Waals surface area contributed by atoms with Crippen molar-refractivity contribution in [3.8, 4) is 0 Å². The van der Waals surface area contributed by atoms with Gasteiger partial charge in [0, 0.05) is 11.9 Å². The lowest BCUT2D eigenvalue weighted by Gasteiger charge is -2.28. The SMILES string of the molecule is CC(C)c1csc(N(CCC(=O)O)C(C)c2ccccc2)n1. The van der Waals surface area contributed by atoms with E-state index < -0.39 is 5.97 Å². The first-order valence-electron chi connectivity index (χ1n) is 7.48. The number of carbonyl (C=O) groups is 1. The Kier molecular flexibility index (Phi) is 5.55. The number of aliphatic carboxylic acids is 1. The molecule has 1 aromatic heterocycles. The van der Waals surface area contributed by atoms with Crippen molar-refractivity contribution in [1.82, 2.24) is 4.98 Å². The molecular formula is C17H22N2O2S. The smallest absolute Gasteiger partial charge is 0.305 e. The highest BCUT2D eigenvalue weighted by atomic mass is 32.1. The third kappa shape index (κ3) is 4.07. The van der Waals surface area contributed by atoms with Gasteiger partial charge in [0.15, 0.2) is 5.13 Å². The van der Waals surface area contributed by atoms with Crippen molar-refractivity contribution >= 4 is 22.4 Å². The summed E-state index contributed by atoms with van der Waals surface area (Å²) >= 11 is 1.58. The zero-order valence-corrected chi connectivity index (χ0v) is 14.0. The molecule has 2 aromatic rings. The van der Waals surface area contributed by atoms with Gasteiger partial charge in [0.2, 0.25) is 0 Å². The van der Waals surface area contributed by atoms with Crippen LogP contribution in [0.1, 0.15) is 50.4 Å². The lowest BCUT2D eigenvalue weighted by atomic mass is 10.1. The molecule has 0 radical (unpaired) electrons. The minimum Gasteiger partial charge on any atom is -0.481 e. The van der Waals surface area contributed by atoms with E-state index in [0.29, 0.717) is 12.5 Å². The largest absolute Gasteiger partial charge is 0.481 e. The minimum absolute atomic E-state index is 0.0895. The highest BCUT2D eigenvalue weighted by Gasteiger charge is 2.20. The normalized spacial score (nSPS) is 12.4. The third-order valence-electron chi connectivity index (χ3n) is 3.66. The fraction of sp³-hybridized carbons (Fsp3) is 0.412. The van der Waals surface area contributed by atoms with Crippen molar-refractivity contribution in [3.05, 3.63) is 47.0 Å². The van der Waals surface area contributed by atoms with E-state index in [4.69, 9.17) is 5.11 Å². The quantitative estimate of drug-likeness (QED) is 0.826. The van der Waals surface area contributed by atoms with Crippen molar-refractivity contribution < 1.29 is 9.90 Å². The van der Waals surface area contributed by atoms with Gasteiger partial charge in [0.25, 0.3) is 0 Å². The Labute approximate surface area is 135 Å². The molecule has 1 aromatic carbocycles. The maximum Gasteiger partial charge on any atom is 0.305 e. The molecule has 1 N–H and O–H groups in total. The van der Waals surface area contributed by atoms with Crippen molar-refractivity contribution in [2.75, 3.05) is 11.4 Å². The summed E-state index contributed by atoms with van der Waals surface area (Å²) in [6.45, 7) is 6.77. The number of rotatable bonds is 7. The number of hydrogen-bond donors (Lipinski definition) is 1. The average molecular weight is 318 g/mol. The summed E-state index contributed by atoms with van der Waals surface area (Å²) in [4.78, 5) is 17.7. The monoisotopic (exact) mass is 318 g/mol. The Hall–Kier alpha value is -1.88. The molecule has 118 valence electrons. The van der Waals surface area contributed by atoms with Gasteiger partial charge in [0.05, 0.1) is 18.2 Å². The zero-order chi connectivity index (χ0) is 16.1. The maximum absolute atomic E-state index is 11.0. The number of carboxylic acid groups (broad SMARTS) is 1. The van der Waals surface area contributed by atoms with Crippen LogP contribution in [0.3, 0.4) is 0 Å². The van der Waals surface area contributed by atoms with Crippen molar-refractivity contribution in [2.24, 2.45) is 0 Å². The second-order valence-corrected chi connectivity index (χ2v) is 6.47. The van der Waals surface area contributed by atoms with E-state index in [2.05, 4.69) is 48.2 Å². The Bertz CT molecular complexity index is 610. The number of nitrogens with zero attached hydrogens (tertiary/aromatic N) is 2. The van der Waals surface area contributed by atoms with E-state index in [1.54, 1.807) is 11.3 Å². The molecule has 5 heteroatoms. The van der Waals surface area contributed by atoms with Gasteiger partial charge in [-0.25, -0.2) is 4.98 Å². The van der Waals surface area contributed by atoms with Crippen LogP contribution in [-0.2, 0) is 4.79 Å². The van der Waals surface area contributed by atoms with Gasteiger partial charge in [-0.15, -0.1) is 11.3 Å². The zero-order valence-electron chi connectivity index (χ0n) is 13.2. The fourth-order valence-electron chi connectivity index (χ4n) is 2.26. The topological polar surface area (TPSA) is 53.4 Å². The Balaban J connectivity index is 2.26. The van der Waals surface area contributed by atoms with Gasteiger partial charge in [-0.1, -0.05) is 44.2 Å². The van der Waals surface area contributed by atoms with E-state index >= 15 is 0 Å². The van der Waals surface area contributed by atoms with E-state index in [1.165, 1.54) is 0 Å². The van der Waals surface area contributed by atoms with Gasteiger partial charge in [-0.05, 0) is 18.4 Å². The van der Waals surface area contributed by atoms with Crippen LogP contribution in [0, 0.1) is 0 Å². The number of anilines is 1. The van der Waals surface area contributed by atoms with E-state index in [0.717, 1.165) is 16.4 Å². The first kappa shape index (κ1) is 16.5. The van der Waals surface area contributed by atoms with Crippen LogP contribution in [0.5, 0.6) is 0 Å². The Morgan fingerprint density at radius 2 is 1.95 bits per heavy atom. The molecule has 0 fully saturated rings. The van der Waals surface area contributed by atoms with Crippen LogP contribution in [-0.4, -0.2) is 22.6 Å². The molecule has 2 rings (SSSR count). The number of thiazole rings is 1. The Morgan fingerprint density at radius 1 is 1.27 bits per heavy atom. The van der Waals surface area contributed by atoms with E-state index in [-0.39, 0.29) is 12.5 Å².